The Morgan fingerprint density at radius 3 is 2.52 bits per heavy atom. The molecule has 3 rings (SSSR count). The van der Waals surface area contributed by atoms with E-state index in [4.69, 9.17) is 14.6 Å². The maximum absolute atomic E-state index is 11.0. The highest BCUT2D eigenvalue weighted by Crippen LogP contribution is 2.32. The van der Waals surface area contributed by atoms with E-state index in [2.05, 4.69) is 24.8 Å². The molecule has 0 fully saturated rings. The van der Waals surface area contributed by atoms with Gasteiger partial charge < -0.3 is 14.6 Å². The summed E-state index contributed by atoms with van der Waals surface area (Å²) in [6, 6.07) is 13.1. The number of carboxylic acid groups (broad SMARTS) is 1. The second-order valence-corrected chi connectivity index (χ2v) is 6.84. The maximum Gasteiger partial charge on any atom is 0.335 e. The van der Waals surface area contributed by atoms with Gasteiger partial charge in [0.15, 0.2) is 0 Å². The molecule has 150 valence electrons. The van der Waals surface area contributed by atoms with E-state index in [0.717, 1.165) is 48.6 Å². The van der Waals surface area contributed by atoms with E-state index in [9.17, 15) is 9.59 Å². The average Bonchev–Trinajstić information content (AvgIpc) is 2.75. The van der Waals surface area contributed by atoms with E-state index in [-0.39, 0.29) is 0 Å². The third kappa shape index (κ3) is 5.57. The van der Waals surface area contributed by atoms with Crippen molar-refractivity contribution in [3.8, 4) is 5.75 Å². The molecule has 0 spiro atoms. The van der Waals surface area contributed by atoms with Gasteiger partial charge in [-0.1, -0.05) is 30.9 Å². The first-order valence-electron chi connectivity index (χ1n) is 9.66. The van der Waals surface area contributed by atoms with Gasteiger partial charge >= 0.3 is 11.9 Å². The van der Waals surface area contributed by atoms with Gasteiger partial charge in [-0.3, -0.25) is 0 Å². The summed E-state index contributed by atoms with van der Waals surface area (Å²) in [6.07, 6.45) is 6.68. The standard InChI is InChI=1S/C24H24O5/c1-2-23(25)29-14-4-3-13-28-22-12-11-20-15-19(9-10-21(20)16-22)17-5-7-18(8-6-17)24(26)27/h2,5-8,11-12,15-16H,1,3-4,9-10,13-14H2,(H,26,27). The van der Waals surface area contributed by atoms with Crippen LogP contribution in [0.4, 0.5) is 0 Å². The number of benzene rings is 2. The summed E-state index contributed by atoms with van der Waals surface area (Å²) in [6.45, 7) is 4.30. The number of allylic oxidation sites excluding steroid dienone is 1. The number of aryl methyl sites for hydroxylation is 1. The summed E-state index contributed by atoms with van der Waals surface area (Å²) >= 11 is 0. The van der Waals surface area contributed by atoms with Gasteiger partial charge in [-0.2, -0.15) is 0 Å². The van der Waals surface area contributed by atoms with Gasteiger partial charge in [-0.25, -0.2) is 9.59 Å². The number of carbonyl (C=O) groups excluding carboxylic acids is 1. The highest BCUT2D eigenvalue weighted by Gasteiger charge is 2.13. The lowest BCUT2D eigenvalue weighted by Crippen LogP contribution is -2.05. The van der Waals surface area contributed by atoms with Crippen molar-refractivity contribution in [2.75, 3.05) is 13.2 Å². The Labute approximate surface area is 170 Å². The number of carbonyl (C=O) groups is 2. The predicted octanol–water partition coefficient (Wildman–Crippen LogP) is 4.76. The second-order valence-electron chi connectivity index (χ2n) is 6.84. The van der Waals surface area contributed by atoms with Crippen LogP contribution in [-0.2, 0) is 16.0 Å². The molecule has 5 nitrogen and oxygen atoms in total. The number of unbranched alkanes of at least 4 members (excludes halogenated alkanes) is 1. The fraction of sp³-hybridized carbons (Fsp3) is 0.250. The van der Waals surface area contributed by atoms with Crippen molar-refractivity contribution in [2.45, 2.75) is 25.7 Å². The van der Waals surface area contributed by atoms with E-state index in [1.54, 1.807) is 12.1 Å². The average molecular weight is 392 g/mol. The van der Waals surface area contributed by atoms with E-state index in [0.29, 0.717) is 18.8 Å². The minimum absolute atomic E-state index is 0.297. The second kappa shape index (κ2) is 9.73. The Morgan fingerprint density at radius 2 is 1.79 bits per heavy atom. The highest BCUT2D eigenvalue weighted by molar-refractivity contribution is 5.89. The molecule has 2 aromatic carbocycles. The summed E-state index contributed by atoms with van der Waals surface area (Å²) < 4.78 is 10.8. The molecule has 1 aliphatic rings. The van der Waals surface area contributed by atoms with Crippen molar-refractivity contribution in [2.24, 2.45) is 0 Å². The molecule has 0 aromatic heterocycles. The summed E-state index contributed by atoms with van der Waals surface area (Å²) in [5.41, 5.74) is 4.96. The zero-order valence-electron chi connectivity index (χ0n) is 16.2. The monoisotopic (exact) mass is 392 g/mol. The lowest BCUT2D eigenvalue weighted by molar-refractivity contribution is -0.137. The fourth-order valence-electron chi connectivity index (χ4n) is 3.24. The van der Waals surface area contributed by atoms with E-state index in [1.807, 2.05) is 18.2 Å². The van der Waals surface area contributed by atoms with E-state index in [1.165, 1.54) is 11.1 Å². The summed E-state index contributed by atoms with van der Waals surface area (Å²) in [4.78, 5) is 22.0. The maximum atomic E-state index is 11.0. The first kappa shape index (κ1) is 20.4. The Morgan fingerprint density at radius 1 is 1.03 bits per heavy atom. The van der Waals surface area contributed by atoms with Gasteiger partial charge in [0.05, 0.1) is 18.8 Å². The lowest BCUT2D eigenvalue weighted by Gasteiger charge is -2.18. The van der Waals surface area contributed by atoms with Crippen LogP contribution in [0.5, 0.6) is 5.75 Å². The summed E-state index contributed by atoms with van der Waals surface area (Å²) in [5, 5.41) is 9.03. The van der Waals surface area contributed by atoms with Crippen LogP contribution in [0.25, 0.3) is 11.6 Å². The van der Waals surface area contributed by atoms with Crippen LogP contribution in [-0.4, -0.2) is 30.3 Å². The summed E-state index contributed by atoms with van der Waals surface area (Å²) in [5.74, 6) is -0.467. The quantitative estimate of drug-likeness (QED) is 0.378. The number of hydrogen-bond acceptors (Lipinski definition) is 4. The third-order valence-electron chi connectivity index (χ3n) is 4.83. The SMILES string of the molecule is C=CC(=O)OCCCCOc1ccc2c(c1)CCC(c1ccc(C(=O)O)cc1)=C2. The molecule has 0 bridgehead atoms. The van der Waals surface area contributed by atoms with Gasteiger partial charge in [-0.05, 0) is 72.2 Å². The smallest absolute Gasteiger partial charge is 0.335 e. The van der Waals surface area contributed by atoms with Crippen molar-refractivity contribution in [3.63, 3.8) is 0 Å². The largest absolute Gasteiger partial charge is 0.494 e. The van der Waals surface area contributed by atoms with Crippen molar-refractivity contribution < 1.29 is 24.2 Å². The van der Waals surface area contributed by atoms with Crippen LogP contribution in [0.15, 0.2) is 55.1 Å². The molecule has 5 heteroatoms. The van der Waals surface area contributed by atoms with Crippen LogP contribution in [0.3, 0.4) is 0 Å². The molecule has 2 aromatic rings. The molecule has 0 heterocycles. The molecule has 29 heavy (non-hydrogen) atoms. The molecule has 1 N–H and O–H groups in total. The molecular weight excluding hydrogens is 368 g/mol. The molecular formula is C24H24O5. The Bertz CT molecular complexity index is 925. The zero-order chi connectivity index (χ0) is 20.6. The number of aromatic carboxylic acids is 1. The molecule has 0 aliphatic heterocycles. The number of fused-ring (bicyclic) bond motifs is 1. The first-order valence-corrected chi connectivity index (χ1v) is 9.66. The molecule has 0 radical (unpaired) electrons. The van der Waals surface area contributed by atoms with Crippen molar-refractivity contribution in [1.29, 1.82) is 0 Å². The first-order chi connectivity index (χ1) is 14.1. The Kier molecular flexibility index (Phi) is 6.85. The number of rotatable bonds is 9. The van der Waals surface area contributed by atoms with Crippen LogP contribution in [0.1, 0.15) is 46.3 Å². The van der Waals surface area contributed by atoms with Crippen LogP contribution < -0.4 is 4.74 Å². The minimum Gasteiger partial charge on any atom is -0.494 e. The molecule has 0 amide bonds. The van der Waals surface area contributed by atoms with Crippen molar-refractivity contribution >= 4 is 23.6 Å². The third-order valence-corrected chi connectivity index (χ3v) is 4.83. The summed E-state index contributed by atoms with van der Waals surface area (Å²) in [7, 11) is 0. The predicted molar refractivity (Wildman–Crippen MR) is 112 cm³/mol. The minimum atomic E-state index is -0.912. The van der Waals surface area contributed by atoms with Gasteiger partial charge in [0.25, 0.3) is 0 Å². The lowest BCUT2D eigenvalue weighted by atomic mass is 9.88. The molecule has 0 unspecified atom stereocenters. The Hall–Kier alpha value is -3.34. The van der Waals surface area contributed by atoms with Gasteiger partial charge in [-0.15, -0.1) is 0 Å². The van der Waals surface area contributed by atoms with Crippen molar-refractivity contribution in [3.05, 3.63) is 77.4 Å². The van der Waals surface area contributed by atoms with E-state index >= 15 is 0 Å². The number of hydrogen-bond donors (Lipinski definition) is 1. The number of ether oxygens (including phenoxy) is 2. The van der Waals surface area contributed by atoms with Gasteiger partial charge in [0.2, 0.25) is 0 Å². The zero-order valence-corrected chi connectivity index (χ0v) is 16.2. The van der Waals surface area contributed by atoms with Crippen LogP contribution >= 0.6 is 0 Å². The van der Waals surface area contributed by atoms with Crippen LogP contribution in [0, 0.1) is 0 Å². The molecule has 1 aliphatic carbocycles. The molecule has 0 saturated heterocycles. The van der Waals surface area contributed by atoms with Gasteiger partial charge in [0, 0.05) is 6.08 Å². The van der Waals surface area contributed by atoms with Gasteiger partial charge in [0.1, 0.15) is 5.75 Å². The van der Waals surface area contributed by atoms with Crippen LogP contribution in [0.2, 0.25) is 0 Å². The fourth-order valence-corrected chi connectivity index (χ4v) is 3.24. The Balaban J connectivity index is 1.55. The normalized spacial score (nSPS) is 12.5. The molecule has 0 atom stereocenters. The topological polar surface area (TPSA) is 72.8 Å². The van der Waals surface area contributed by atoms with E-state index < -0.39 is 11.9 Å². The number of esters is 1. The molecule has 0 saturated carbocycles. The number of carboxylic acids is 1. The van der Waals surface area contributed by atoms with Crippen molar-refractivity contribution in [1.82, 2.24) is 0 Å². The highest BCUT2D eigenvalue weighted by atomic mass is 16.5.